The standard InChI is InChI=1S/C12H18BrN5S/c13-10-1-2-11(16-9-10)17-12(19)15-5-8-18-6-3-14-4-7-18/h1-2,9,14H,3-8H2,(H2,15,16,17,19). The van der Waals surface area contributed by atoms with Crippen LogP contribution in [-0.2, 0) is 0 Å². The zero-order chi connectivity index (χ0) is 13.5. The van der Waals surface area contributed by atoms with Gasteiger partial charge in [-0.2, -0.15) is 0 Å². The number of halogens is 1. The van der Waals surface area contributed by atoms with Gasteiger partial charge in [-0.3, -0.25) is 4.90 Å². The minimum Gasteiger partial charge on any atom is -0.361 e. The highest BCUT2D eigenvalue weighted by atomic mass is 79.9. The number of rotatable bonds is 4. The van der Waals surface area contributed by atoms with E-state index in [9.17, 15) is 0 Å². The highest BCUT2D eigenvalue weighted by Crippen LogP contribution is 2.10. The smallest absolute Gasteiger partial charge is 0.171 e. The molecule has 0 aromatic carbocycles. The Balaban J connectivity index is 1.65. The molecule has 0 atom stereocenters. The Morgan fingerprint density at radius 2 is 2.21 bits per heavy atom. The predicted molar refractivity (Wildman–Crippen MR) is 85.5 cm³/mol. The summed E-state index contributed by atoms with van der Waals surface area (Å²) >= 11 is 8.58. The maximum absolute atomic E-state index is 5.23. The normalized spacial score (nSPS) is 16.1. The van der Waals surface area contributed by atoms with Gasteiger partial charge in [0, 0.05) is 49.9 Å². The molecule has 7 heteroatoms. The second-order valence-corrected chi connectivity index (χ2v) is 5.66. The van der Waals surface area contributed by atoms with Gasteiger partial charge in [-0.1, -0.05) is 0 Å². The summed E-state index contributed by atoms with van der Waals surface area (Å²) in [4.78, 5) is 6.63. The van der Waals surface area contributed by atoms with Crippen LogP contribution in [0.25, 0.3) is 0 Å². The summed E-state index contributed by atoms with van der Waals surface area (Å²) in [5.41, 5.74) is 0. The van der Waals surface area contributed by atoms with Gasteiger partial charge in [0.15, 0.2) is 5.11 Å². The van der Waals surface area contributed by atoms with Crippen molar-refractivity contribution in [2.75, 3.05) is 44.6 Å². The molecule has 1 aromatic heterocycles. The molecule has 2 rings (SSSR count). The fourth-order valence-electron chi connectivity index (χ4n) is 1.87. The van der Waals surface area contributed by atoms with Crippen LogP contribution in [0.2, 0.25) is 0 Å². The van der Waals surface area contributed by atoms with Crippen LogP contribution < -0.4 is 16.0 Å². The Morgan fingerprint density at radius 1 is 1.42 bits per heavy atom. The lowest BCUT2D eigenvalue weighted by atomic mass is 10.3. The molecule has 1 fully saturated rings. The molecule has 0 amide bonds. The molecule has 1 aliphatic heterocycles. The molecule has 0 spiro atoms. The first-order chi connectivity index (χ1) is 9.24. The SMILES string of the molecule is S=C(NCCN1CCNCC1)Nc1ccc(Br)cn1. The molecular weight excluding hydrogens is 326 g/mol. The molecule has 0 saturated carbocycles. The van der Waals surface area contributed by atoms with Crippen molar-refractivity contribution in [3.63, 3.8) is 0 Å². The summed E-state index contributed by atoms with van der Waals surface area (Å²) in [6, 6.07) is 3.81. The van der Waals surface area contributed by atoms with E-state index in [0.29, 0.717) is 5.11 Å². The Labute approximate surface area is 127 Å². The molecule has 104 valence electrons. The molecule has 2 heterocycles. The van der Waals surface area contributed by atoms with Gasteiger partial charge in [-0.25, -0.2) is 4.98 Å². The van der Waals surface area contributed by atoms with Crippen molar-refractivity contribution in [1.82, 2.24) is 20.5 Å². The third-order valence-corrected chi connectivity index (χ3v) is 3.61. The molecule has 0 bridgehead atoms. The first-order valence-corrected chi connectivity index (χ1v) is 7.53. The maximum atomic E-state index is 5.23. The fourth-order valence-corrected chi connectivity index (χ4v) is 2.31. The van der Waals surface area contributed by atoms with E-state index in [2.05, 4.69) is 41.8 Å². The minimum atomic E-state index is 0.616. The molecule has 1 aromatic rings. The number of piperazine rings is 1. The van der Waals surface area contributed by atoms with Crippen molar-refractivity contribution >= 4 is 39.1 Å². The molecule has 19 heavy (non-hydrogen) atoms. The van der Waals surface area contributed by atoms with E-state index in [0.717, 1.165) is 49.6 Å². The van der Waals surface area contributed by atoms with Crippen LogP contribution in [0, 0.1) is 0 Å². The van der Waals surface area contributed by atoms with Crippen LogP contribution >= 0.6 is 28.1 Å². The van der Waals surface area contributed by atoms with Crippen molar-refractivity contribution < 1.29 is 0 Å². The van der Waals surface area contributed by atoms with E-state index in [1.807, 2.05) is 12.1 Å². The Hall–Kier alpha value is -0.760. The van der Waals surface area contributed by atoms with Crippen molar-refractivity contribution in [2.24, 2.45) is 0 Å². The number of hydrogen-bond acceptors (Lipinski definition) is 4. The quantitative estimate of drug-likeness (QED) is 0.710. The zero-order valence-corrected chi connectivity index (χ0v) is 13.1. The van der Waals surface area contributed by atoms with E-state index in [1.54, 1.807) is 6.20 Å². The third-order valence-electron chi connectivity index (χ3n) is 2.89. The molecule has 1 saturated heterocycles. The first kappa shape index (κ1) is 14.6. The summed E-state index contributed by atoms with van der Waals surface area (Å²) in [6.07, 6.45) is 1.74. The monoisotopic (exact) mass is 343 g/mol. The second-order valence-electron chi connectivity index (χ2n) is 4.33. The number of pyridine rings is 1. The number of nitrogens with zero attached hydrogens (tertiary/aromatic N) is 2. The molecule has 0 unspecified atom stereocenters. The fraction of sp³-hybridized carbons (Fsp3) is 0.500. The van der Waals surface area contributed by atoms with Crippen molar-refractivity contribution in [2.45, 2.75) is 0 Å². The maximum Gasteiger partial charge on any atom is 0.171 e. The zero-order valence-electron chi connectivity index (χ0n) is 10.7. The van der Waals surface area contributed by atoms with E-state index in [-0.39, 0.29) is 0 Å². The van der Waals surface area contributed by atoms with Gasteiger partial charge in [0.05, 0.1) is 0 Å². The van der Waals surface area contributed by atoms with Crippen molar-refractivity contribution in [3.8, 4) is 0 Å². The van der Waals surface area contributed by atoms with Crippen molar-refractivity contribution in [1.29, 1.82) is 0 Å². The summed E-state index contributed by atoms with van der Waals surface area (Å²) < 4.78 is 0.954. The Morgan fingerprint density at radius 3 is 2.89 bits per heavy atom. The lowest BCUT2D eigenvalue weighted by Gasteiger charge is -2.27. The van der Waals surface area contributed by atoms with Gasteiger partial charge < -0.3 is 16.0 Å². The lowest BCUT2D eigenvalue weighted by Crippen LogP contribution is -2.46. The average Bonchev–Trinajstić information content (AvgIpc) is 2.43. The van der Waals surface area contributed by atoms with Crippen LogP contribution in [0.1, 0.15) is 0 Å². The van der Waals surface area contributed by atoms with Crippen molar-refractivity contribution in [3.05, 3.63) is 22.8 Å². The van der Waals surface area contributed by atoms with E-state index in [1.165, 1.54) is 0 Å². The lowest BCUT2D eigenvalue weighted by molar-refractivity contribution is 0.245. The number of aromatic nitrogens is 1. The van der Waals surface area contributed by atoms with Gasteiger partial charge in [0.25, 0.3) is 0 Å². The number of nitrogens with one attached hydrogen (secondary N) is 3. The average molecular weight is 344 g/mol. The summed E-state index contributed by atoms with van der Waals surface area (Å²) in [6.45, 7) is 6.23. The molecule has 0 aliphatic carbocycles. The van der Waals surface area contributed by atoms with Gasteiger partial charge in [-0.05, 0) is 40.3 Å². The van der Waals surface area contributed by atoms with E-state index >= 15 is 0 Å². The second kappa shape index (κ2) is 7.74. The van der Waals surface area contributed by atoms with Gasteiger partial charge in [-0.15, -0.1) is 0 Å². The van der Waals surface area contributed by atoms with Crippen LogP contribution in [0.15, 0.2) is 22.8 Å². The highest BCUT2D eigenvalue weighted by Gasteiger charge is 2.08. The van der Waals surface area contributed by atoms with Crippen LogP contribution in [0.3, 0.4) is 0 Å². The Kier molecular flexibility index (Phi) is 5.96. The van der Waals surface area contributed by atoms with Gasteiger partial charge in [0.1, 0.15) is 5.82 Å². The largest absolute Gasteiger partial charge is 0.361 e. The summed E-state index contributed by atoms with van der Waals surface area (Å²) in [7, 11) is 0. The molecule has 1 aliphatic rings. The summed E-state index contributed by atoms with van der Waals surface area (Å²) in [5.74, 6) is 0.753. The number of hydrogen-bond donors (Lipinski definition) is 3. The summed E-state index contributed by atoms with van der Waals surface area (Å²) in [5, 5.41) is 10.2. The Bertz CT molecular complexity index is 405. The predicted octanol–water partition coefficient (Wildman–Crippen LogP) is 1.04. The third kappa shape index (κ3) is 5.40. The highest BCUT2D eigenvalue weighted by molar-refractivity contribution is 9.10. The number of thiocarbonyl (C=S) groups is 1. The first-order valence-electron chi connectivity index (χ1n) is 6.33. The van der Waals surface area contributed by atoms with Gasteiger partial charge in [0.2, 0.25) is 0 Å². The van der Waals surface area contributed by atoms with Crippen LogP contribution in [-0.4, -0.2) is 54.3 Å². The molecule has 3 N–H and O–H groups in total. The number of anilines is 1. The molecule has 0 radical (unpaired) electrons. The van der Waals surface area contributed by atoms with E-state index in [4.69, 9.17) is 12.2 Å². The molecule has 5 nitrogen and oxygen atoms in total. The van der Waals surface area contributed by atoms with E-state index < -0.39 is 0 Å². The molecular formula is C12H18BrN5S. The van der Waals surface area contributed by atoms with Gasteiger partial charge >= 0.3 is 0 Å². The van der Waals surface area contributed by atoms with Crippen LogP contribution in [0.4, 0.5) is 5.82 Å². The topological polar surface area (TPSA) is 52.2 Å². The van der Waals surface area contributed by atoms with Crippen LogP contribution in [0.5, 0.6) is 0 Å². The minimum absolute atomic E-state index is 0.616.